The Morgan fingerprint density at radius 2 is 1.64 bits per heavy atom. The number of hydrogen-bond acceptors (Lipinski definition) is 4. The third-order valence-electron chi connectivity index (χ3n) is 8.47. The van der Waals surface area contributed by atoms with Crippen LogP contribution in [0.4, 0.5) is 0 Å². The summed E-state index contributed by atoms with van der Waals surface area (Å²) in [6, 6.07) is 15.6. The molecule has 2 aliphatic rings. The summed E-state index contributed by atoms with van der Waals surface area (Å²) in [6.45, 7) is 3.22. The van der Waals surface area contributed by atoms with E-state index in [1.54, 1.807) is 26.0 Å². The van der Waals surface area contributed by atoms with Crippen LogP contribution in [0.1, 0.15) is 75.6 Å². The van der Waals surface area contributed by atoms with Crippen molar-refractivity contribution in [3.8, 4) is 0 Å². The third kappa shape index (κ3) is 5.61. The van der Waals surface area contributed by atoms with Gasteiger partial charge in [0.25, 0.3) is 0 Å². The SMILES string of the molecule is Cn1c(C2CC2)cc2ccc(S(=O)(=O)N[C@H]3CC[C@H](C(=O)N[C@@H](c4ccccc4)C(C)(C)C(=O)O)CC3)cc21. The van der Waals surface area contributed by atoms with Crippen molar-refractivity contribution in [1.82, 2.24) is 14.6 Å². The molecule has 39 heavy (non-hydrogen) atoms. The molecule has 2 saturated carbocycles. The predicted molar refractivity (Wildman–Crippen MR) is 150 cm³/mol. The number of fused-ring (bicyclic) bond motifs is 1. The van der Waals surface area contributed by atoms with Crippen molar-refractivity contribution in [3.05, 3.63) is 65.9 Å². The number of rotatable bonds is 9. The molecular weight excluding hydrogens is 514 g/mol. The Morgan fingerprint density at radius 1 is 0.974 bits per heavy atom. The first kappa shape index (κ1) is 27.4. The second-order valence-corrected chi connectivity index (χ2v) is 13.4. The molecule has 0 saturated heterocycles. The van der Waals surface area contributed by atoms with Crippen molar-refractivity contribution in [1.29, 1.82) is 0 Å². The summed E-state index contributed by atoms with van der Waals surface area (Å²) < 4.78 is 31.4. The van der Waals surface area contributed by atoms with Gasteiger partial charge < -0.3 is 15.0 Å². The highest BCUT2D eigenvalue weighted by molar-refractivity contribution is 7.89. The number of carboxylic acid groups (broad SMARTS) is 1. The molecule has 5 rings (SSSR count). The number of aliphatic carboxylic acids is 1. The fourth-order valence-corrected chi connectivity index (χ4v) is 7.06. The Morgan fingerprint density at radius 3 is 2.26 bits per heavy atom. The Hall–Kier alpha value is -3.17. The molecule has 208 valence electrons. The topological polar surface area (TPSA) is 118 Å². The van der Waals surface area contributed by atoms with Gasteiger partial charge in [0.1, 0.15) is 0 Å². The van der Waals surface area contributed by atoms with E-state index in [4.69, 9.17) is 0 Å². The second-order valence-electron chi connectivity index (χ2n) is 11.7. The lowest BCUT2D eigenvalue weighted by Crippen LogP contribution is -2.46. The van der Waals surface area contributed by atoms with E-state index < -0.39 is 27.4 Å². The number of nitrogens with zero attached hydrogens (tertiary/aromatic N) is 1. The van der Waals surface area contributed by atoms with Crippen molar-refractivity contribution < 1.29 is 23.1 Å². The van der Waals surface area contributed by atoms with Crippen LogP contribution in [0.2, 0.25) is 0 Å². The normalized spacial score (nSPS) is 21.0. The summed E-state index contributed by atoms with van der Waals surface area (Å²) in [7, 11) is -1.72. The van der Waals surface area contributed by atoms with Gasteiger partial charge in [0.15, 0.2) is 0 Å². The minimum atomic E-state index is -3.71. The maximum absolute atomic E-state index is 13.2. The van der Waals surface area contributed by atoms with Gasteiger partial charge in [-0.15, -0.1) is 0 Å². The molecule has 0 bridgehead atoms. The molecule has 8 nitrogen and oxygen atoms in total. The molecule has 1 aromatic heterocycles. The van der Waals surface area contributed by atoms with Crippen LogP contribution < -0.4 is 10.0 Å². The van der Waals surface area contributed by atoms with E-state index in [-0.39, 0.29) is 22.8 Å². The number of aromatic nitrogens is 1. The van der Waals surface area contributed by atoms with Gasteiger partial charge in [-0.05, 0) is 87.4 Å². The number of carbonyl (C=O) groups excluding carboxylic acids is 1. The monoisotopic (exact) mass is 551 g/mol. The standard InChI is InChI=1S/C30H37N3O5S/c1-30(2,29(35)36)27(20-7-5-4-6-8-20)31-28(34)21-11-14-23(15-12-21)32-39(37,38)24-16-13-22-17-25(19-9-10-19)33(3)26(22)18-24/h4-8,13,16-19,21,23,27,32H,9-12,14-15H2,1-3H3,(H,31,34)(H,35,36)/t21-,23-,27-/m0/s1. The molecule has 0 radical (unpaired) electrons. The van der Waals surface area contributed by atoms with E-state index >= 15 is 0 Å². The number of carbonyl (C=O) groups is 2. The van der Waals surface area contributed by atoms with Gasteiger partial charge in [0.05, 0.1) is 16.4 Å². The molecule has 0 aliphatic heterocycles. The van der Waals surface area contributed by atoms with Gasteiger partial charge >= 0.3 is 5.97 Å². The third-order valence-corrected chi connectivity index (χ3v) is 9.99. The molecule has 2 fully saturated rings. The van der Waals surface area contributed by atoms with E-state index in [1.165, 1.54) is 18.5 Å². The van der Waals surface area contributed by atoms with Crippen LogP contribution in [-0.4, -0.2) is 36.0 Å². The Labute approximate surface area is 229 Å². The first-order valence-corrected chi connectivity index (χ1v) is 15.2. The maximum atomic E-state index is 13.2. The number of sulfonamides is 1. The van der Waals surface area contributed by atoms with Gasteiger partial charge in [-0.1, -0.05) is 36.4 Å². The van der Waals surface area contributed by atoms with Crippen molar-refractivity contribution in [2.75, 3.05) is 0 Å². The predicted octanol–water partition coefficient (Wildman–Crippen LogP) is 4.86. The summed E-state index contributed by atoms with van der Waals surface area (Å²) in [4.78, 5) is 25.5. The summed E-state index contributed by atoms with van der Waals surface area (Å²) in [5, 5.41) is 13.9. The van der Waals surface area contributed by atoms with Gasteiger partial charge in [0, 0.05) is 30.2 Å². The first-order valence-electron chi connectivity index (χ1n) is 13.7. The van der Waals surface area contributed by atoms with Crippen molar-refractivity contribution in [3.63, 3.8) is 0 Å². The largest absolute Gasteiger partial charge is 0.481 e. The van der Waals surface area contributed by atoms with Crippen LogP contribution in [-0.2, 0) is 26.7 Å². The van der Waals surface area contributed by atoms with Crippen LogP contribution in [0.5, 0.6) is 0 Å². The Bertz CT molecular complexity index is 1480. The Kier molecular flexibility index (Phi) is 7.33. The molecule has 9 heteroatoms. The summed E-state index contributed by atoms with van der Waals surface area (Å²) in [5.41, 5.74) is 1.70. The van der Waals surface area contributed by atoms with Crippen molar-refractivity contribution in [2.45, 2.75) is 75.3 Å². The van der Waals surface area contributed by atoms with E-state index in [9.17, 15) is 23.1 Å². The minimum Gasteiger partial charge on any atom is -0.481 e. The number of amides is 1. The molecule has 3 N–H and O–H groups in total. The first-order chi connectivity index (χ1) is 18.5. The van der Waals surface area contributed by atoms with Crippen LogP contribution in [0.25, 0.3) is 10.9 Å². The number of benzene rings is 2. The fraction of sp³-hybridized carbons (Fsp3) is 0.467. The van der Waals surface area contributed by atoms with Gasteiger partial charge in [0.2, 0.25) is 15.9 Å². The molecule has 1 atom stereocenters. The lowest BCUT2D eigenvalue weighted by atomic mass is 9.79. The average Bonchev–Trinajstić information content (AvgIpc) is 3.70. The summed E-state index contributed by atoms with van der Waals surface area (Å²) >= 11 is 0. The number of aryl methyl sites for hydroxylation is 1. The molecule has 3 aromatic rings. The maximum Gasteiger partial charge on any atom is 0.311 e. The highest BCUT2D eigenvalue weighted by atomic mass is 32.2. The van der Waals surface area contributed by atoms with Crippen LogP contribution in [0.3, 0.4) is 0 Å². The summed E-state index contributed by atoms with van der Waals surface area (Å²) in [6.07, 6.45) is 4.48. The minimum absolute atomic E-state index is 0.194. The Balaban J connectivity index is 1.23. The highest BCUT2D eigenvalue weighted by Crippen LogP contribution is 2.42. The summed E-state index contributed by atoms with van der Waals surface area (Å²) in [5.74, 6) is -0.916. The molecular formula is C30H37N3O5S. The number of hydrogen-bond donors (Lipinski definition) is 3. The van der Waals surface area contributed by atoms with Gasteiger partial charge in [-0.25, -0.2) is 13.1 Å². The van der Waals surface area contributed by atoms with E-state index in [0.717, 1.165) is 16.5 Å². The van der Waals surface area contributed by atoms with Gasteiger partial charge in [-0.2, -0.15) is 0 Å². The zero-order valence-corrected chi connectivity index (χ0v) is 23.5. The fourth-order valence-electron chi connectivity index (χ4n) is 5.74. The number of nitrogens with one attached hydrogen (secondary N) is 2. The molecule has 0 spiro atoms. The lowest BCUT2D eigenvalue weighted by molar-refractivity contribution is -0.149. The molecule has 2 aliphatic carbocycles. The van der Waals surface area contributed by atoms with E-state index in [0.29, 0.717) is 31.6 Å². The smallest absolute Gasteiger partial charge is 0.311 e. The average molecular weight is 552 g/mol. The van der Waals surface area contributed by atoms with Gasteiger partial charge in [-0.3, -0.25) is 9.59 Å². The molecule has 0 unspecified atom stereocenters. The molecule has 1 heterocycles. The highest BCUT2D eigenvalue weighted by Gasteiger charge is 2.40. The van der Waals surface area contributed by atoms with Crippen LogP contribution in [0.15, 0.2) is 59.5 Å². The molecule has 2 aromatic carbocycles. The van der Waals surface area contributed by atoms with E-state index in [2.05, 4.69) is 20.7 Å². The molecule has 1 amide bonds. The quantitative estimate of drug-likeness (QED) is 0.351. The number of carboxylic acids is 1. The van der Waals surface area contributed by atoms with Crippen molar-refractivity contribution in [2.24, 2.45) is 18.4 Å². The zero-order chi connectivity index (χ0) is 27.9. The lowest BCUT2D eigenvalue weighted by Gasteiger charge is -2.34. The second kappa shape index (κ2) is 10.4. The van der Waals surface area contributed by atoms with E-state index in [1.807, 2.05) is 43.4 Å². The zero-order valence-electron chi connectivity index (χ0n) is 22.7. The van der Waals surface area contributed by atoms with Crippen LogP contribution in [0, 0.1) is 11.3 Å². The van der Waals surface area contributed by atoms with Crippen LogP contribution >= 0.6 is 0 Å². The van der Waals surface area contributed by atoms with Crippen molar-refractivity contribution >= 4 is 32.8 Å².